The maximum atomic E-state index is 9.32. The van der Waals surface area contributed by atoms with Gasteiger partial charge < -0.3 is 4.90 Å². The highest BCUT2D eigenvalue weighted by Gasteiger charge is 2.19. The Balaban J connectivity index is 2.20. The van der Waals surface area contributed by atoms with Crippen molar-refractivity contribution in [1.29, 1.82) is 10.5 Å². The van der Waals surface area contributed by atoms with Gasteiger partial charge in [0.05, 0.1) is 0 Å². The lowest BCUT2D eigenvalue weighted by molar-refractivity contribution is 0.331. The fourth-order valence-electron chi connectivity index (χ4n) is 6.54. The van der Waals surface area contributed by atoms with Crippen LogP contribution in [0.15, 0.2) is 41.7 Å². The molecule has 1 aliphatic rings. The van der Waals surface area contributed by atoms with E-state index in [-0.39, 0.29) is 5.57 Å². The lowest BCUT2D eigenvalue weighted by Crippen LogP contribution is -2.26. The number of hydrogen-bond donors (Lipinski definition) is 0. The van der Waals surface area contributed by atoms with E-state index in [0.29, 0.717) is 5.22 Å². The second kappa shape index (κ2) is 13.7. The second-order valence-electron chi connectivity index (χ2n) is 11.7. The quantitative estimate of drug-likeness (QED) is 0.323. The zero-order valence-corrected chi connectivity index (χ0v) is 26.3. The van der Waals surface area contributed by atoms with E-state index in [1.807, 2.05) is 24.3 Å². The van der Waals surface area contributed by atoms with Crippen molar-refractivity contribution in [2.45, 2.75) is 101 Å². The summed E-state index contributed by atoms with van der Waals surface area (Å²) in [4.78, 5) is 2.44. The molecule has 0 N–H and O–H groups in total. The first-order chi connectivity index (χ1) is 19.1. The van der Waals surface area contributed by atoms with Gasteiger partial charge in [-0.1, -0.05) is 51.7 Å². The van der Waals surface area contributed by atoms with Gasteiger partial charge in [-0.15, -0.1) is 0 Å². The number of aryl methyl sites for hydroxylation is 1. The molecule has 0 bridgehead atoms. The van der Waals surface area contributed by atoms with Crippen LogP contribution >= 0.6 is 0 Å². The van der Waals surface area contributed by atoms with E-state index in [1.165, 1.54) is 87.9 Å². The summed E-state index contributed by atoms with van der Waals surface area (Å²) in [5.74, 6) is 0.739. The van der Waals surface area contributed by atoms with Gasteiger partial charge in [0.1, 0.15) is 17.7 Å². The van der Waals surface area contributed by atoms with Crippen molar-refractivity contribution in [3.63, 3.8) is 0 Å². The molecule has 1 aliphatic heterocycles. The third kappa shape index (κ3) is 6.42. The number of hydrogen-bond acceptors (Lipinski definition) is 3. The number of benzene rings is 2. The van der Waals surface area contributed by atoms with Crippen LogP contribution in [-0.4, -0.2) is 11.4 Å². The van der Waals surface area contributed by atoms with Crippen LogP contribution in [0.1, 0.15) is 94.0 Å². The van der Waals surface area contributed by atoms with Crippen molar-refractivity contribution in [2.24, 2.45) is 5.92 Å². The predicted molar refractivity (Wildman–Crippen MR) is 168 cm³/mol. The Morgan fingerprint density at radius 2 is 1.32 bits per heavy atom. The Kier molecular flexibility index (Phi) is 10.6. The van der Waals surface area contributed by atoms with Gasteiger partial charge in [0.25, 0.3) is 0 Å². The van der Waals surface area contributed by atoms with E-state index < -0.39 is 0 Å². The number of nitriles is 2. The molecule has 40 heavy (non-hydrogen) atoms. The van der Waals surface area contributed by atoms with Crippen LogP contribution in [0.3, 0.4) is 0 Å². The monoisotopic (exact) mass is 533 g/mol. The molecule has 3 nitrogen and oxygen atoms in total. The van der Waals surface area contributed by atoms with Gasteiger partial charge in [-0.2, -0.15) is 10.5 Å². The summed E-state index contributed by atoms with van der Waals surface area (Å²) < 4.78 is 0. The van der Waals surface area contributed by atoms with Crippen LogP contribution in [-0.2, 0) is 0 Å². The van der Waals surface area contributed by atoms with Crippen LogP contribution in [0.4, 0.5) is 0 Å². The molecular formula is C37H47N3. The zero-order valence-electron chi connectivity index (χ0n) is 26.3. The van der Waals surface area contributed by atoms with E-state index in [9.17, 15) is 10.5 Å². The molecular weight excluding hydrogens is 486 g/mol. The SMILES string of the molecule is CCCCCC(CCC)CN1C=C(C)C(=c2c(C)c(C)c(=c3ccc(=C(C#N)C#N)cc3C)c(C)c2C)C(C)=C1. The molecule has 0 aliphatic carbocycles. The van der Waals surface area contributed by atoms with Crippen LogP contribution in [0.5, 0.6) is 0 Å². The highest BCUT2D eigenvalue weighted by atomic mass is 15.1. The van der Waals surface area contributed by atoms with Crippen molar-refractivity contribution >= 4 is 11.1 Å². The van der Waals surface area contributed by atoms with Gasteiger partial charge in [0.2, 0.25) is 0 Å². The molecule has 0 spiro atoms. The van der Waals surface area contributed by atoms with Crippen LogP contribution < -0.4 is 10.4 Å². The summed E-state index contributed by atoms with van der Waals surface area (Å²) in [5, 5.41) is 23.1. The van der Waals surface area contributed by atoms with Gasteiger partial charge in [0, 0.05) is 24.2 Å². The molecule has 0 fully saturated rings. The first-order valence-electron chi connectivity index (χ1n) is 15.0. The van der Waals surface area contributed by atoms with E-state index >= 15 is 0 Å². The molecule has 0 aromatic heterocycles. The Labute approximate surface area is 242 Å². The topological polar surface area (TPSA) is 50.8 Å². The average Bonchev–Trinajstić information content (AvgIpc) is 2.91. The molecule has 0 amide bonds. The second-order valence-corrected chi connectivity index (χ2v) is 11.7. The maximum Gasteiger partial charge on any atom is 0.136 e. The summed E-state index contributed by atoms with van der Waals surface area (Å²) in [6.07, 6.45) is 12.5. The molecule has 1 atom stereocenters. The van der Waals surface area contributed by atoms with Crippen LogP contribution in [0.2, 0.25) is 0 Å². The molecule has 1 unspecified atom stereocenters. The summed E-state index contributed by atoms with van der Waals surface area (Å²) >= 11 is 0. The normalized spacial score (nSPS) is 13.9. The number of nitrogens with zero attached hydrogens (tertiary/aromatic N) is 3. The Bertz CT molecular complexity index is 1560. The smallest absolute Gasteiger partial charge is 0.136 e. The molecule has 3 rings (SSSR count). The minimum Gasteiger partial charge on any atom is -0.353 e. The lowest BCUT2D eigenvalue weighted by Gasteiger charge is -2.29. The summed E-state index contributed by atoms with van der Waals surface area (Å²) in [6, 6.07) is 9.97. The predicted octanol–water partition coefficient (Wildman–Crippen LogP) is 7.98. The Morgan fingerprint density at radius 3 is 1.82 bits per heavy atom. The third-order valence-electron chi connectivity index (χ3n) is 8.77. The van der Waals surface area contributed by atoms with Gasteiger partial charge in [-0.3, -0.25) is 0 Å². The van der Waals surface area contributed by atoms with Crippen molar-refractivity contribution in [3.8, 4) is 12.1 Å². The van der Waals surface area contributed by atoms with Crippen molar-refractivity contribution in [2.75, 3.05) is 6.54 Å². The average molecular weight is 534 g/mol. The number of allylic oxidation sites excluding steroid dienone is 2. The largest absolute Gasteiger partial charge is 0.353 e. The van der Waals surface area contributed by atoms with Crippen molar-refractivity contribution in [3.05, 3.63) is 90.4 Å². The van der Waals surface area contributed by atoms with E-state index in [4.69, 9.17) is 0 Å². The van der Waals surface area contributed by atoms with E-state index in [0.717, 1.165) is 23.2 Å². The lowest BCUT2D eigenvalue weighted by atomic mass is 9.86. The first-order valence-corrected chi connectivity index (χ1v) is 15.0. The standard InChI is InChI=1S/C37H47N3/c1-10-12-13-15-31(14-11-2)23-40-21-25(4)35(26(5)22-40)37-29(8)27(6)36(28(7)30(37)9)34-17-16-32(18-24(34)3)33(19-38)20-39/h16-18,21-22,31H,10-15,23H2,1-9H3. The molecule has 3 heteroatoms. The van der Waals surface area contributed by atoms with Gasteiger partial charge >= 0.3 is 0 Å². The molecule has 2 aromatic rings. The summed E-state index contributed by atoms with van der Waals surface area (Å²) in [6.45, 7) is 21.3. The molecule has 210 valence electrons. The third-order valence-corrected chi connectivity index (χ3v) is 8.77. The van der Waals surface area contributed by atoms with Crippen LogP contribution in [0, 0.1) is 73.6 Å². The minimum absolute atomic E-state index is 0.153. The van der Waals surface area contributed by atoms with Crippen LogP contribution in [0.25, 0.3) is 11.1 Å². The fourth-order valence-corrected chi connectivity index (χ4v) is 6.54. The van der Waals surface area contributed by atoms with E-state index in [2.05, 4.69) is 85.7 Å². The molecule has 0 saturated carbocycles. The van der Waals surface area contributed by atoms with E-state index in [1.54, 1.807) is 0 Å². The molecule has 0 radical (unpaired) electrons. The highest BCUT2D eigenvalue weighted by molar-refractivity contribution is 5.79. The zero-order chi connectivity index (χ0) is 29.6. The molecule has 1 heterocycles. The Morgan fingerprint density at radius 1 is 0.750 bits per heavy atom. The van der Waals surface area contributed by atoms with Gasteiger partial charge in [-0.05, 0) is 133 Å². The summed E-state index contributed by atoms with van der Waals surface area (Å²) in [7, 11) is 0. The van der Waals surface area contributed by atoms with Crippen molar-refractivity contribution < 1.29 is 0 Å². The highest BCUT2D eigenvalue weighted by Crippen LogP contribution is 2.29. The summed E-state index contributed by atoms with van der Waals surface area (Å²) in [5.41, 5.74) is 10.5. The number of rotatable bonds is 8. The fraction of sp³-hybridized carbons (Fsp3) is 0.459. The minimum atomic E-state index is 0.153. The Hall–Kier alpha value is -3.56. The first kappa shape index (κ1) is 31.0. The molecule has 2 aromatic carbocycles. The molecule has 0 saturated heterocycles. The van der Waals surface area contributed by atoms with Gasteiger partial charge in [0.15, 0.2) is 0 Å². The van der Waals surface area contributed by atoms with Gasteiger partial charge in [-0.25, -0.2) is 0 Å². The van der Waals surface area contributed by atoms with Crippen molar-refractivity contribution in [1.82, 2.24) is 4.90 Å². The maximum absolute atomic E-state index is 9.32. The number of unbranched alkanes of at least 4 members (excludes halogenated alkanes) is 2.